The highest BCUT2D eigenvalue weighted by molar-refractivity contribution is 5.92. The zero-order valence-corrected chi connectivity index (χ0v) is 15.9. The quantitative estimate of drug-likeness (QED) is 0.703. The molecule has 138 valence electrons. The molecule has 0 aliphatic heterocycles. The largest absolute Gasteiger partial charge is 0.333 e. The van der Waals surface area contributed by atoms with E-state index >= 15 is 0 Å². The average Bonchev–Trinajstić information content (AvgIpc) is 2.69. The number of nitrogens with zero attached hydrogens (tertiary/aromatic N) is 3. The molecule has 0 unspecified atom stereocenters. The summed E-state index contributed by atoms with van der Waals surface area (Å²) in [5, 5.41) is 3.25. The first-order valence-corrected chi connectivity index (χ1v) is 9.08. The van der Waals surface area contributed by atoms with Crippen molar-refractivity contribution in [3.05, 3.63) is 83.2 Å². The number of nitrogens with one attached hydrogen (secondary N) is 1. The second-order valence-electron chi connectivity index (χ2n) is 6.46. The predicted octanol–water partition coefficient (Wildman–Crippen LogP) is 4.50. The highest BCUT2D eigenvalue weighted by Gasteiger charge is 2.17. The van der Waals surface area contributed by atoms with Crippen LogP contribution >= 0.6 is 0 Å². The van der Waals surface area contributed by atoms with Gasteiger partial charge >= 0.3 is 0 Å². The van der Waals surface area contributed by atoms with Gasteiger partial charge in [0.05, 0.1) is 0 Å². The molecule has 0 radical (unpaired) electrons. The lowest BCUT2D eigenvalue weighted by Crippen LogP contribution is -2.31. The van der Waals surface area contributed by atoms with Gasteiger partial charge in [0.15, 0.2) is 0 Å². The van der Waals surface area contributed by atoms with Crippen molar-refractivity contribution in [1.82, 2.24) is 14.9 Å². The molecule has 1 N–H and O–H groups in total. The Balaban J connectivity index is 1.80. The molecule has 0 saturated heterocycles. The van der Waals surface area contributed by atoms with Crippen LogP contribution in [-0.4, -0.2) is 27.3 Å². The SMILES string of the molecule is CCN(Cc1ccccc1)C(=O)c1ccnc(Nc2c(C)cccc2C)n1. The lowest BCUT2D eigenvalue weighted by atomic mass is 10.1. The topological polar surface area (TPSA) is 58.1 Å². The van der Waals surface area contributed by atoms with Gasteiger partial charge in [0, 0.05) is 25.0 Å². The molecular formula is C22H24N4O. The highest BCUT2D eigenvalue weighted by atomic mass is 16.2. The van der Waals surface area contributed by atoms with Crippen LogP contribution in [0.4, 0.5) is 11.6 Å². The van der Waals surface area contributed by atoms with Gasteiger partial charge in [-0.2, -0.15) is 0 Å². The number of para-hydroxylation sites is 1. The maximum Gasteiger partial charge on any atom is 0.272 e. The molecule has 1 heterocycles. The van der Waals surface area contributed by atoms with Crippen molar-refractivity contribution < 1.29 is 4.79 Å². The number of hydrogen-bond donors (Lipinski definition) is 1. The van der Waals surface area contributed by atoms with Crippen LogP contribution in [0.1, 0.15) is 34.1 Å². The standard InChI is InChI=1S/C22H24N4O/c1-4-26(15-18-11-6-5-7-12-18)21(27)19-13-14-23-22(24-19)25-20-16(2)9-8-10-17(20)3/h5-14H,4,15H2,1-3H3,(H,23,24,25). The lowest BCUT2D eigenvalue weighted by Gasteiger charge is -2.21. The van der Waals surface area contributed by atoms with Gasteiger partial charge < -0.3 is 10.2 Å². The molecule has 0 bridgehead atoms. The fraction of sp³-hybridized carbons (Fsp3) is 0.227. The fourth-order valence-corrected chi connectivity index (χ4v) is 2.95. The zero-order chi connectivity index (χ0) is 19.2. The Labute approximate surface area is 160 Å². The third-order valence-electron chi connectivity index (χ3n) is 4.48. The number of aromatic nitrogens is 2. The van der Waals surface area contributed by atoms with Gasteiger partial charge in [-0.1, -0.05) is 48.5 Å². The first-order valence-electron chi connectivity index (χ1n) is 9.08. The number of benzene rings is 2. The molecule has 1 aromatic heterocycles. The molecule has 1 amide bonds. The van der Waals surface area contributed by atoms with E-state index < -0.39 is 0 Å². The molecule has 3 aromatic rings. The molecule has 0 aliphatic rings. The second kappa shape index (κ2) is 8.45. The van der Waals surface area contributed by atoms with Crippen molar-refractivity contribution in [2.75, 3.05) is 11.9 Å². The number of aryl methyl sites for hydroxylation is 2. The van der Waals surface area contributed by atoms with Crippen molar-refractivity contribution in [1.29, 1.82) is 0 Å². The molecule has 2 aromatic carbocycles. The van der Waals surface area contributed by atoms with Crippen LogP contribution < -0.4 is 5.32 Å². The summed E-state index contributed by atoms with van der Waals surface area (Å²) < 4.78 is 0. The van der Waals surface area contributed by atoms with Crippen molar-refractivity contribution in [3.63, 3.8) is 0 Å². The van der Waals surface area contributed by atoms with Crippen LogP contribution in [0.15, 0.2) is 60.8 Å². The van der Waals surface area contributed by atoms with Crippen LogP contribution in [0.25, 0.3) is 0 Å². The summed E-state index contributed by atoms with van der Waals surface area (Å²) in [4.78, 5) is 23.4. The van der Waals surface area contributed by atoms with E-state index in [2.05, 4.69) is 15.3 Å². The van der Waals surface area contributed by atoms with Crippen LogP contribution in [-0.2, 0) is 6.54 Å². The van der Waals surface area contributed by atoms with Crippen molar-refractivity contribution >= 4 is 17.5 Å². The Hall–Kier alpha value is -3.21. The van der Waals surface area contributed by atoms with Crippen LogP contribution in [0, 0.1) is 13.8 Å². The van der Waals surface area contributed by atoms with Crippen LogP contribution in [0.3, 0.4) is 0 Å². The molecule has 0 spiro atoms. The van der Waals surface area contributed by atoms with Gasteiger partial charge in [-0.05, 0) is 43.5 Å². The Morgan fingerprint density at radius 2 is 1.70 bits per heavy atom. The van der Waals surface area contributed by atoms with E-state index in [4.69, 9.17) is 0 Å². The summed E-state index contributed by atoms with van der Waals surface area (Å²) in [6.45, 7) is 7.20. The van der Waals surface area contributed by atoms with Crippen LogP contribution in [0.2, 0.25) is 0 Å². The minimum Gasteiger partial charge on any atom is -0.333 e. The smallest absolute Gasteiger partial charge is 0.272 e. The van der Waals surface area contributed by atoms with Gasteiger partial charge in [0.2, 0.25) is 5.95 Å². The minimum atomic E-state index is -0.103. The van der Waals surface area contributed by atoms with Gasteiger partial charge in [-0.15, -0.1) is 0 Å². The second-order valence-corrected chi connectivity index (χ2v) is 6.46. The zero-order valence-electron chi connectivity index (χ0n) is 15.9. The number of anilines is 2. The normalized spacial score (nSPS) is 10.5. The third kappa shape index (κ3) is 4.50. The van der Waals surface area contributed by atoms with E-state index in [0.29, 0.717) is 24.7 Å². The number of amides is 1. The summed E-state index contributed by atoms with van der Waals surface area (Å²) in [6.07, 6.45) is 1.62. The monoisotopic (exact) mass is 360 g/mol. The summed E-state index contributed by atoms with van der Waals surface area (Å²) >= 11 is 0. The van der Waals surface area contributed by atoms with E-state index in [-0.39, 0.29) is 5.91 Å². The minimum absolute atomic E-state index is 0.103. The van der Waals surface area contributed by atoms with Crippen molar-refractivity contribution in [3.8, 4) is 0 Å². The van der Waals surface area contributed by atoms with Gasteiger partial charge in [-0.3, -0.25) is 4.79 Å². The van der Waals surface area contributed by atoms with E-state index in [1.807, 2.05) is 69.3 Å². The van der Waals surface area contributed by atoms with E-state index in [0.717, 1.165) is 22.4 Å². The first kappa shape index (κ1) is 18.6. The maximum atomic E-state index is 12.9. The summed E-state index contributed by atoms with van der Waals surface area (Å²) in [5.74, 6) is 0.322. The van der Waals surface area contributed by atoms with Gasteiger partial charge in [-0.25, -0.2) is 9.97 Å². The third-order valence-corrected chi connectivity index (χ3v) is 4.48. The Kier molecular flexibility index (Phi) is 5.81. The molecule has 0 aliphatic carbocycles. The number of rotatable bonds is 6. The summed E-state index contributed by atoms with van der Waals surface area (Å²) in [6, 6.07) is 17.7. The molecular weight excluding hydrogens is 336 g/mol. The molecule has 27 heavy (non-hydrogen) atoms. The maximum absolute atomic E-state index is 12.9. The predicted molar refractivity (Wildman–Crippen MR) is 108 cm³/mol. The number of carbonyl (C=O) groups is 1. The van der Waals surface area contributed by atoms with Crippen LogP contribution in [0.5, 0.6) is 0 Å². The molecule has 0 fully saturated rings. The Morgan fingerprint density at radius 3 is 2.37 bits per heavy atom. The first-order chi connectivity index (χ1) is 13.1. The van der Waals surface area contributed by atoms with Gasteiger partial charge in [0.25, 0.3) is 5.91 Å². The number of hydrogen-bond acceptors (Lipinski definition) is 4. The van der Waals surface area contributed by atoms with Crippen molar-refractivity contribution in [2.24, 2.45) is 0 Å². The van der Waals surface area contributed by atoms with E-state index in [1.54, 1.807) is 17.2 Å². The van der Waals surface area contributed by atoms with Gasteiger partial charge in [0.1, 0.15) is 5.69 Å². The van der Waals surface area contributed by atoms with E-state index in [9.17, 15) is 4.79 Å². The summed E-state index contributed by atoms with van der Waals surface area (Å²) in [5.41, 5.74) is 4.66. The number of carbonyl (C=O) groups excluding carboxylic acids is 1. The Bertz CT molecular complexity index is 904. The van der Waals surface area contributed by atoms with E-state index in [1.165, 1.54) is 0 Å². The fourth-order valence-electron chi connectivity index (χ4n) is 2.95. The lowest BCUT2D eigenvalue weighted by molar-refractivity contribution is 0.0746. The molecule has 5 heteroatoms. The molecule has 3 rings (SSSR count). The molecule has 0 saturated carbocycles. The van der Waals surface area contributed by atoms with Crippen molar-refractivity contribution in [2.45, 2.75) is 27.3 Å². The Morgan fingerprint density at radius 1 is 1.00 bits per heavy atom. The highest BCUT2D eigenvalue weighted by Crippen LogP contribution is 2.22. The molecule has 5 nitrogen and oxygen atoms in total. The average molecular weight is 360 g/mol. The molecule has 0 atom stereocenters. The summed E-state index contributed by atoms with van der Waals surface area (Å²) in [7, 11) is 0.